The van der Waals surface area contributed by atoms with Gasteiger partial charge in [-0.1, -0.05) is 12.1 Å². The van der Waals surface area contributed by atoms with Crippen LogP contribution in [0.25, 0.3) is 10.1 Å². The van der Waals surface area contributed by atoms with E-state index in [1.165, 1.54) is 35.3 Å². The molecule has 1 saturated heterocycles. The van der Waals surface area contributed by atoms with Crippen LogP contribution in [0.2, 0.25) is 0 Å². The second-order valence-corrected chi connectivity index (χ2v) is 8.32. The largest absolute Gasteiger partial charge is 0.353 e. The third-order valence-corrected chi connectivity index (χ3v) is 6.14. The maximum absolute atomic E-state index is 14.5. The van der Waals surface area contributed by atoms with E-state index in [0.29, 0.717) is 24.3 Å². The van der Waals surface area contributed by atoms with E-state index >= 15 is 0 Å². The van der Waals surface area contributed by atoms with Gasteiger partial charge in [0.1, 0.15) is 11.6 Å². The van der Waals surface area contributed by atoms with Gasteiger partial charge in [0.05, 0.1) is 16.8 Å². The first-order valence-electron chi connectivity index (χ1n) is 9.85. The molecule has 1 fully saturated rings. The number of benzene rings is 2. The third kappa shape index (κ3) is 4.20. The number of halogens is 1. The van der Waals surface area contributed by atoms with Crippen LogP contribution in [0.3, 0.4) is 0 Å². The second kappa shape index (κ2) is 8.49. The van der Waals surface area contributed by atoms with Crippen molar-refractivity contribution in [2.24, 2.45) is 0 Å². The van der Waals surface area contributed by atoms with Crippen molar-refractivity contribution >= 4 is 44.8 Å². The van der Waals surface area contributed by atoms with Gasteiger partial charge in [0.2, 0.25) is 5.91 Å². The van der Waals surface area contributed by atoms with E-state index in [4.69, 9.17) is 0 Å². The molecule has 8 heteroatoms. The molecule has 1 aliphatic rings. The molecule has 1 aliphatic heterocycles. The predicted molar refractivity (Wildman–Crippen MR) is 118 cm³/mol. The molecule has 0 aliphatic carbocycles. The summed E-state index contributed by atoms with van der Waals surface area (Å²) in [6, 6.07) is 10.9. The van der Waals surface area contributed by atoms with Crippen molar-refractivity contribution < 1.29 is 14.0 Å². The number of amides is 1. The quantitative estimate of drug-likeness (QED) is 0.630. The fourth-order valence-electron chi connectivity index (χ4n) is 3.73. The topological polar surface area (TPSA) is 65.5 Å². The number of nitrogens with one attached hydrogen (secondary N) is 1. The number of hydrogen-bond donors (Lipinski definition) is 1. The lowest BCUT2D eigenvalue weighted by atomic mass is 10.0. The lowest BCUT2D eigenvalue weighted by Crippen LogP contribution is -2.48. The molecule has 0 unspecified atom stereocenters. The minimum absolute atomic E-state index is 0.0644. The summed E-state index contributed by atoms with van der Waals surface area (Å²) in [5.74, 6) is -0.140. The first kappa shape index (κ1) is 20.4. The summed E-state index contributed by atoms with van der Waals surface area (Å²) in [5.41, 5.74) is 1.12. The van der Waals surface area contributed by atoms with Gasteiger partial charge in [-0.05, 0) is 48.3 Å². The van der Waals surface area contributed by atoms with Crippen LogP contribution in [-0.2, 0) is 4.79 Å². The Bertz CT molecular complexity index is 1110. The Morgan fingerprint density at radius 2 is 1.90 bits per heavy atom. The van der Waals surface area contributed by atoms with Gasteiger partial charge >= 0.3 is 0 Å². The maximum Gasteiger partial charge on any atom is 0.221 e. The third-order valence-electron chi connectivity index (χ3n) is 5.32. The second-order valence-electron chi connectivity index (χ2n) is 7.52. The van der Waals surface area contributed by atoms with E-state index < -0.39 is 5.82 Å². The van der Waals surface area contributed by atoms with Crippen LogP contribution >= 0.6 is 11.5 Å². The van der Waals surface area contributed by atoms with Crippen molar-refractivity contribution in [3.8, 4) is 0 Å². The number of aryl methyl sites for hydroxylation is 1. The number of carbonyl (C=O) groups is 2. The van der Waals surface area contributed by atoms with Crippen molar-refractivity contribution in [3.05, 3.63) is 53.3 Å². The van der Waals surface area contributed by atoms with Crippen LogP contribution in [0.5, 0.6) is 0 Å². The van der Waals surface area contributed by atoms with Crippen LogP contribution in [0.15, 0.2) is 36.4 Å². The van der Waals surface area contributed by atoms with Gasteiger partial charge in [-0.3, -0.25) is 14.5 Å². The molecular weight excluding hydrogens is 403 g/mol. The lowest BCUT2D eigenvalue weighted by Gasteiger charge is -2.34. The first-order chi connectivity index (χ1) is 14.4. The van der Waals surface area contributed by atoms with Crippen LogP contribution in [-0.4, -0.2) is 53.7 Å². The monoisotopic (exact) mass is 426 g/mol. The summed E-state index contributed by atoms with van der Waals surface area (Å²) in [5, 5.41) is 3.74. The molecule has 3 aromatic rings. The highest BCUT2D eigenvalue weighted by Gasteiger charge is 2.24. The van der Waals surface area contributed by atoms with Gasteiger partial charge in [0.15, 0.2) is 5.78 Å². The number of aromatic nitrogens is 1. The number of piperazine rings is 1. The summed E-state index contributed by atoms with van der Waals surface area (Å²) in [7, 11) is 0. The molecule has 4 rings (SSSR count). The van der Waals surface area contributed by atoms with Crippen molar-refractivity contribution in [2.45, 2.75) is 13.8 Å². The molecule has 2 heterocycles. The molecular formula is C22H23FN4O2S. The minimum atomic E-state index is -0.609. The SMILES string of the molecule is CC(=O)Nc1cc(F)c(C(=O)CN2CCN(c3nsc4ccccc34)CC2)cc1C. The van der Waals surface area contributed by atoms with E-state index in [1.807, 2.05) is 17.0 Å². The molecule has 0 saturated carbocycles. The zero-order valence-corrected chi connectivity index (χ0v) is 17.8. The van der Waals surface area contributed by atoms with E-state index in [9.17, 15) is 14.0 Å². The van der Waals surface area contributed by atoms with Crippen molar-refractivity contribution in [1.29, 1.82) is 0 Å². The first-order valence-corrected chi connectivity index (χ1v) is 10.6. The maximum atomic E-state index is 14.5. The van der Waals surface area contributed by atoms with Crippen molar-refractivity contribution in [1.82, 2.24) is 9.27 Å². The van der Waals surface area contributed by atoms with Gasteiger partial charge < -0.3 is 10.2 Å². The van der Waals surface area contributed by atoms with Gasteiger partial charge in [-0.2, -0.15) is 4.37 Å². The summed E-state index contributed by atoms with van der Waals surface area (Å²) in [6.07, 6.45) is 0. The van der Waals surface area contributed by atoms with Crippen molar-refractivity contribution in [3.63, 3.8) is 0 Å². The number of Topliss-reactive ketones (excluding diaryl/α,β-unsaturated/α-hetero) is 1. The Morgan fingerprint density at radius 1 is 1.17 bits per heavy atom. The van der Waals surface area contributed by atoms with E-state index in [-0.39, 0.29) is 23.8 Å². The van der Waals surface area contributed by atoms with E-state index in [1.54, 1.807) is 6.92 Å². The van der Waals surface area contributed by atoms with Gasteiger partial charge in [0.25, 0.3) is 0 Å². The van der Waals surface area contributed by atoms with Crippen LogP contribution in [0.1, 0.15) is 22.8 Å². The zero-order chi connectivity index (χ0) is 21.3. The normalized spacial score (nSPS) is 14.8. The number of fused-ring (bicyclic) bond motifs is 1. The molecule has 1 aromatic heterocycles. The Kier molecular flexibility index (Phi) is 5.78. The number of hydrogen-bond acceptors (Lipinski definition) is 6. The summed E-state index contributed by atoms with van der Waals surface area (Å²) < 4.78 is 20.2. The van der Waals surface area contributed by atoms with E-state index in [0.717, 1.165) is 24.3 Å². The fraction of sp³-hybridized carbons (Fsp3) is 0.318. The highest BCUT2D eigenvalue weighted by atomic mass is 32.1. The zero-order valence-electron chi connectivity index (χ0n) is 16.9. The average Bonchev–Trinajstić information content (AvgIpc) is 3.15. The molecule has 6 nitrogen and oxygen atoms in total. The van der Waals surface area contributed by atoms with Crippen LogP contribution < -0.4 is 10.2 Å². The predicted octanol–water partition coefficient (Wildman–Crippen LogP) is 3.71. The number of rotatable bonds is 5. The molecule has 0 spiro atoms. The Balaban J connectivity index is 1.40. The standard InChI is InChI=1S/C22H23FN4O2S/c1-14-11-17(18(23)12-19(14)24-15(2)28)20(29)13-26-7-9-27(10-8-26)22-16-5-3-4-6-21(16)30-25-22/h3-6,11-12H,7-10,13H2,1-2H3,(H,24,28). The smallest absolute Gasteiger partial charge is 0.221 e. The minimum Gasteiger partial charge on any atom is -0.353 e. The van der Waals surface area contributed by atoms with Crippen LogP contribution in [0.4, 0.5) is 15.9 Å². The molecule has 2 aromatic carbocycles. The van der Waals surface area contributed by atoms with Gasteiger partial charge in [-0.25, -0.2) is 4.39 Å². The Hall–Kier alpha value is -2.84. The molecule has 0 radical (unpaired) electrons. The molecule has 0 bridgehead atoms. The molecule has 0 atom stereocenters. The summed E-state index contributed by atoms with van der Waals surface area (Å²) in [4.78, 5) is 28.2. The van der Waals surface area contributed by atoms with Gasteiger partial charge in [-0.15, -0.1) is 0 Å². The Labute approximate surface area is 178 Å². The number of ketones is 1. The number of nitrogens with zero attached hydrogens (tertiary/aromatic N) is 3. The van der Waals surface area contributed by atoms with Crippen molar-refractivity contribution in [2.75, 3.05) is 42.9 Å². The van der Waals surface area contributed by atoms with Gasteiger partial charge in [0, 0.05) is 44.2 Å². The molecule has 1 amide bonds. The molecule has 1 N–H and O–H groups in total. The Morgan fingerprint density at radius 3 is 2.63 bits per heavy atom. The number of carbonyl (C=O) groups excluding carboxylic acids is 2. The summed E-state index contributed by atoms with van der Waals surface area (Å²) in [6.45, 7) is 6.24. The molecule has 156 valence electrons. The molecule has 30 heavy (non-hydrogen) atoms. The summed E-state index contributed by atoms with van der Waals surface area (Å²) >= 11 is 1.50. The van der Waals surface area contributed by atoms with E-state index in [2.05, 4.69) is 26.7 Å². The fourth-order valence-corrected chi connectivity index (χ4v) is 4.52. The highest BCUT2D eigenvalue weighted by molar-refractivity contribution is 7.13. The average molecular weight is 427 g/mol. The number of anilines is 2. The highest BCUT2D eigenvalue weighted by Crippen LogP contribution is 2.30. The van der Waals surface area contributed by atoms with Crippen LogP contribution in [0, 0.1) is 12.7 Å². The lowest BCUT2D eigenvalue weighted by molar-refractivity contribution is -0.114.